The van der Waals surface area contributed by atoms with E-state index in [-0.39, 0.29) is 23.8 Å². The molecule has 2 aliphatic rings. The third-order valence-electron chi connectivity index (χ3n) is 5.29. The number of nitrogens with one attached hydrogen (secondary N) is 1. The first kappa shape index (κ1) is 21.4. The van der Waals surface area contributed by atoms with E-state index in [1.54, 1.807) is 12.1 Å². The molecule has 0 radical (unpaired) electrons. The first-order valence-electron chi connectivity index (χ1n) is 9.91. The van der Waals surface area contributed by atoms with Crippen LogP contribution in [0.1, 0.15) is 12.0 Å². The summed E-state index contributed by atoms with van der Waals surface area (Å²) in [6.07, 6.45) is 0.578. The quantitative estimate of drug-likeness (QED) is 0.754. The lowest BCUT2D eigenvalue weighted by atomic mass is 10.0. The number of hydrogen-bond donors (Lipinski definition) is 1. The van der Waals surface area contributed by atoms with E-state index in [0.717, 1.165) is 0 Å². The molecule has 0 atom stereocenters. The van der Waals surface area contributed by atoms with Crippen LogP contribution in [0.2, 0.25) is 0 Å². The molecule has 31 heavy (non-hydrogen) atoms. The predicted molar refractivity (Wildman–Crippen MR) is 112 cm³/mol. The van der Waals surface area contributed by atoms with E-state index >= 15 is 0 Å². The second-order valence-electron chi connectivity index (χ2n) is 7.34. The lowest BCUT2D eigenvalue weighted by molar-refractivity contribution is -0.121. The minimum atomic E-state index is -3.65. The minimum absolute atomic E-state index is 0.165. The van der Waals surface area contributed by atoms with Crippen LogP contribution in [0.5, 0.6) is 0 Å². The summed E-state index contributed by atoms with van der Waals surface area (Å²) in [5.41, 5.74) is 1.64. The number of halogens is 1. The van der Waals surface area contributed by atoms with E-state index in [2.05, 4.69) is 5.32 Å². The molecular weight excluding hydrogens is 425 g/mol. The zero-order chi connectivity index (χ0) is 22.0. The third kappa shape index (κ3) is 4.60. The van der Waals surface area contributed by atoms with Crippen molar-refractivity contribution in [3.8, 4) is 0 Å². The van der Waals surface area contributed by atoms with Gasteiger partial charge in [-0.25, -0.2) is 12.8 Å². The van der Waals surface area contributed by atoms with Gasteiger partial charge in [0.25, 0.3) is 0 Å². The van der Waals surface area contributed by atoms with Gasteiger partial charge >= 0.3 is 0 Å². The summed E-state index contributed by atoms with van der Waals surface area (Å²) in [6.45, 7) is 1.09. The van der Waals surface area contributed by atoms with E-state index in [1.165, 1.54) is 39.5 Å². The molecule has 2 heterocycles. The molecule has 0 bridgehead atoms. The fraction of sp³-hybridized carbons (Fsp3) is 0.333. The molecule has 2 amide bonds. The van der Waals surface area contributed by atoms with E-state index in [1.807, 2.05) is 0 Å². The summed E-state index contributed by atoms with van der Waals surface area (Å²) in [5, 5.41) is 2.63. The predicted octanol–water partition coefficient (Wildman–Crippen LogP) is 1.76. The molecule has 0 aliphatic carbocycles. The van der Waals surface area contributed by atoms with Gasteiger partial charge in [-0.1, -0.05) is 0 Å². The third-order valence-corrected chi connectivity index (χ3v) is 7.18. The van der Waals surface area contributed by atoms with Crippen molar-refractivity contribution in [1.29, 1.82) is 0 Å². The maximum absolute atomic E-state index is 13.0. The number of carbonyl (C=O) groups is 2. The van der Waals surface area contributed by atoms with Crippen LogP contribution in [-0.4, -0.2) is 57.4 Å². The Hall–Kier alpha value is -2.82. The number of anilines is 2. The Bertz CT molecular complexity index is 1100. The lowest BCUT2D eigenvalue weighted by Gasteiger charge is -2.30. The molecule has 8 nitrogen and oxygen atoms in total. The fourth-order valence-electron chi connectivity index (χ4n) is 3.68. The van der Waals surface area contributed by atoms with Gasteiger partial charge < -0.3 is 15.0 Å². The number of benzene rings is 2. The summed E-state index contributed by atoms with van der Waals surface area (Å²) in [7, 11) is -3.65. The molecule has 0 unspecified atom stereocenters. The van der Waals surface area contributed by atoms with E-state index < -0.39 is 21.7 Å². The topological polar surface area (TPSA) is 96.0 Å². The summed E-state index contributed by atoms with van der Waals surface area (Å²) >= 11 is 0. The van der Waals surface area contributed by atoms with Crippen molar-refractivity contribution in [1.82, 2.24) is 4.31 Å². The van der Waals surface area contributed by atoms with Crippen LogP contribution in [-0.2, 0) is 30.8 Å². The summed E-state index contributed by atoms with van der Waals surface area (Å²) in [5.74, 6) is -1.07. The SMILES string of the molecule is O=C(CN1C(=O)CCc2cc(S(=O)(=O)N3CCOCC3)ccc21)Nc1ccc(F)cc1. The van der Waals surface area contributed by atoms with Gasteiger partial charge in [-0.15, -0.1) is 0 Å². The molecule has 0 spiro atoms. The van der Waals surface area contributed by atoms with Gasteiger partial charge in [0.2, 0.25) is 21.8 Å². The van der Waals surface area contributed by atoms with Crippen molar-refractivity contribution in [3.63, 3.8) is 0 Å². The van der Waals surface area contributed by atoms with E-state index in [4.69, 9.17) is 4.74 Å². The van der Waals surface area contributed by atoms with Gasteiger partial charge in [-0.05, 0) is 54.4 Å². The molecule has 1 N–H and O–H groups in total. The van der Waals surface area contributed by atoms with Crippen molar-refractivity contribution in [2.24, 2.45) is 0 Å². The number of rotatable bonds is 5. The average molecular weight is 447 g/mol. The Morgan fingerprint density at radius 3 is 2.48 bits per heavy atom. The zero-order valence-corrected chi connectivity index (χ0v) is 17.5. The Kier molecular flexibility index (Phi) is 6.03. The highest BCUT2D eigenvalue weighted by molar-refractivity contribution is 7.89. The van der Waals surface area contributed by atoms with Crippen LogP contribution in [0.15, 0.2) is 47.4 Å². The van der Waals surface area contributed by atoms with E-state index in [0.29, 0.717) is 49.7 Å². The number of aryl methyl sites for hydroxylation is 1. The van der Waals surface area contributed by atoms with Crippen LogP contribution in [0.4, 0.5) is 15.8 Å². The number of nitrogens with zero attached hydrogens (tertiary/aromatic N) is 2. The first-order chi connectivity index (χ1) is 14.8. The van der Waals surface area contributed by atoms with Crippen LogP contribution >= 0.6 is 0 Å². The Balaban J connectivity index is 1.53. The highest BCUT2D eigenvalue weighted by atomic mass is 32.2. The standard InChI is InChI=1S/C21H22FN3O5S/c22-16-2-4-17(5-3-16)23-20(26)14-25-19-7-6-18(13-15(19)1-8-21(25)27)31(28,29)24-9-11-30-12-10-24/h2-7,13H,1,8-12,14H2,(H,23,26). The van der Waals surface area contributed by atoms with Crippen molar-refractivity contribution in [2.45, 2.75) is 17.7 Å². The molecule has 2 aromatic rings. The highest BCUT2D eigenvalue weighted by Crippen LogP contribution is 2.31. The summed E-state index contributed by atoms with van der Waals surface area (Å²) in [4.78, 5) is 26.4. The number of hydrogen-bond acceptors (Lipinski definition) is 5. The van der Waals surface area contributed by atoms with Gasteiger partial charge in [-0.3, -0.25) is 9.59 Å². The Labute approximate surface area is 179 Å². The number of fused-ring (bicyclic) bond motifs is 1. The monoisotopic (exact) mass is 447 g/mol. The van der Waals surface area contributed by atoms with Crippen molar-refractivity contribution in [3.05, 3.63) is 53.8 Å². The number of morpholine rings is 1. The Morgan fingerprint density at radius 2 is 1.77 bits per heavy atom. The molecule has 10 heteroatoms. The molecule has 164 valence electrons. The average Bonchev–Trinajstić information content (AvgIpc) is 2.77. The lowest BCUT2D eigenvalue weighted by Crippen LogP contribution is -2.42. The van der Waals surface area contributed by atoms with Crippen molar-refractivity contribution < 1.29 is 27.1 Å². The molecule has 0 saturated carbocycles. The van der Waals surface area contributed by atoms with Gasteiger partial charge in [0.05, 0.1) is 18.1 Å². The smallest absolute Gasteiger partial charge is 0.244 e. The highest BCUT2D eigenvalue weighted by Gasteiger charge is 2.30. The van der Waals surface area contributed by atoms with Gasteiger partial charge in [0.1, 0.15) is 12.4 Å². The van der Waals surface area contributed by atoms with Crippen molar-refractivity contribution >= 4 is 33.2 Å². The second kappa shape index (κ2) is 8.74. The largest absolute Gasteiger partial charge is 0.379 e. The van der Waals surface area contributed by atoms with Gasteiger partial charge in [0.15, 0.2) is 0 Å². The summed E-state index contributed by atoms with van der Waals surface area (Å²) < 4.78 is 45.5. The molecule has 1 saturated heterocycles. The molecule has 2 aromatic carbocycles. The van der Waals surface area contributed by atoms with Gasteiger partial charge in [-0.2, -0.15) is 4.31 Å². The zero-order valence-electron chi connectivity index (χ0n) is 16.7. The molecule has 4 rings (SSSR count). The first-order valence-corrected chi connectivity index (χ1v) is 11.4. The molecule has 0 aromatic heterocycles. The van der Waals surface area contributed by atoms with E-state index in [9.17, 15) is 22.4 Å². The normalized spacial score (nSPS) is 17.3. The maximum atomic E-state index is 13.0. The number of carbonyl (C=O) groups excluding carboxylic acids is 2. The summed E-state index contributed by atoms with van der Waals surface area (Å²) in [6, 6.07) is 9.94. The molecular formula is C21H22FN3O5S. The van der Waals surface area contributed by atoms with Crippen LogP contribution in [0.3, 0.4) is 0 Å². The maximum Gasteiger partial charge on any atom is 0.244 e. The minimum Gasteiger partial charge on any atom is -0.379 e. The fourth-order valence-corrected chi connectivity index (χ4v) is 5.14. The van der Waals surface area contributed by atoms with Crippen LogP contribution in [0.25, 0.3) is 0 Å². The van der Waals surface area contributed by atoms with Crippen molar-refractivity contribution in [2.75, 3.05) is 43.1 Å². The van der Waals surface area contributed by atoms with Crippen LogP contribution < -0.4 is 10.2 Å². The Morgan fingerprint density at radius 1 is 1.06 bits per heavy atom. The number of ether oxygens (including phenoxy) is 1. The van der Waals surface area contributed by atoms with Gasteiger partial charge in [0, 0.05) is 30.9 Å². The second-order valence-corrected chi connectivity index (χ2v) is 9.28. The van der Waals surface area contributed by atoms with Crippen LogP contribution in [0, 0.1) is 5.82 Å². The number of sulfonamides is 1. The molecule has 1 fully saturated rings. The number of amides is 2. The molecule has 2 aliphatic heterocycles.